The van der Waals surface area contributed by atoms with Gasteiger partial charge >= 0.3 is 6.18 Å². The lowest BCUT2D eigenvalue weighted by Gasteiger charge is -2.41. The molecule has 0 saturated carbocycles. The fraction of sp³-hybridized carbons (Fsp3) is 0.625. The van der Waals surface area contributed by atoms with Crippen molar-refractivity contribution in [2.75, 3.05) is 6.54 Å². The van der Waals surface area contributed by atoms with E-state index in [0.717, 1.165) is 32.2 Å². The SMILES string of the molecule is CC(C)CC1(c2ccccc2C(F)(F)F)CCCCN1. The van der Waals surface area contributed by atoms with Crippen LogP contribution < -0.4 is 5.32 Å². The first-order valence-corrected chi connectivity index (χ1v) is 7.27. The highest BCUT2D eigenvalue weighted by atomic mass is 19.4. The number of hydrogen-bond acceptors (Lipinski definition) is 1. The number of nitrogens with one attached hydrogen (secondary N) is 1. The van der Waals surface area contributed by atoms with Gasteiger partial charge in [-0.25, -0.2) is 0 Å². The van der Waals surface area contributed by atoms with E-state index in [1.165, 1.54) is 12.1 Å². The largest absolute Gasteiger partial charge is 0.416 e. The number of benzene rings is 1. The Hall–Kier alpha value is -1.03. The fourth-order valence-electron chi connectivity index (χ4n) is 3.33. The van der Waals surface area contributed by atoms with Crippen LogP contribution in [0, 0.1) is 5.92 Å². The Morgan fingerprint density at radius 1 is 1.20 bits per heavy atom. The molecule has 0 radical (unpaired) electrons. The van der Waals surface area contributed by atoms with Crippen molar-refractivity contribution in [2.45, 2.75) is 51.2 Å². The van der Waals surface area contributed by atoms with E-state index in [9.17, 15) is 13.2 Å². The van der Waals surface area contributed by atoms with Crippen LogP contribution in [0.1, 0.15) is 50.7 Å². The summed E-state index contributed by atoms with van der Waals surface area (Å²) in [5, 5.41) is 3.39. The Morgan fingerprint density at radius 3 is 2.45 bits per heavy atom. The van der Waals surface area contributed by atoms with E-state index in [1.54, 1.807) is 12.1 Å². The van der Waals surface area contributed by atoms with Crippen molar-refractivity contribution in [3.05, 3.63) is 35.4 Å². The van der Waals surface area contributed by atoms with E-state index in [-0.39, 0.29) is 0 Å². The van der Waals surface area contributed by atoms with E-state index in [0.29, 0.717) is 11.5 Å². The van der Waals surface area contributed by atoms with Gasteiger partial charge in [-0.05, 0) is 43.4 Å². The van der Waals surface area contributed by atoms with Gasteiger partial charge in [0, 0.05) is 5.54 Å². The van der Waals surface area contributed by atoms with Gasteiger partial charge in [-0.15, -0.1) is 0 Å². The van der Waals surface area contributed by atoms with Gasteiger partial charge in [0.2, 0.25) is 0 Å². The Bertz CT molecular complexity index is 445. The molecule has 2 rings (SSSR count). The molecular weight excluding hydrogens is 263 g/mol. The van der Waals surface area contributed by atoms with Gasteiger partial charge in [-0.3, -0.25) is 0 Å². The van der Waals surface area contributed by atoms with Crippen LogP contribution in [-0.2, 0) is 11.7 Å². The summed E-state index contributed by atoms with van der Waals surface area (Å²) >= 11 is 0. The lowest BCUT2D eigenvalue weighted by molar-refractivity contribution is -0.139. The second-order valence-electron chi connectivity index (χ2n) is 6.11. The third-order valence-electron chi connectivity index (χ3n) is 4.00. The maximum Gasteiger partial charge on any atom is 0.416 e. The summed E-state index contributed by atoms with van der Waals surface area (Å²) < 4.78 is 39.8. The van der Waals surface area contributed by atoms with Crippen LogP contribution in [0.4, 0.5) is 13.2 Å². The molecule has 1 saturated heterocycles. The first-order valence-electron chi connectivity index (χ1n) is 7.27. The maximum atomic E-state index is 13.3. The third kappa shape index (κ3) is 3.17. The molecule has 1 aliphatic heterocycles. The summed E-state index contributed by atoms with van der Waals surface area (Å²) in [6.07, 6.45) is -0.766. The molecule has 1 aromatic rings. The molecule has 1 fully saturated rings. The van der Waals surface area contributed by atoms with Crippen LogP contribution >= 0.6 is 0 Å². The van der Waals surface area contributed by atoms with Crippen LogP contribution in [0.2, 0.25) is 0 Å². The molecular formula is C16H22F3N. The molecule has 1 aliphatic rings. The van der Waals surface area contributed by atoms with Gasteiger partial charge in [0.1, 0.15) is 0 Å². The van der Waals surface area contributed by atoms with Crippen molar-refractivity contribution in [1.29, 1.82) is 0 Å². The molecule has 0 spiro atoms. The zero-order valence-electron chi connectivity index (χ0n) is 12.1. The molecule has 0 amide bonds. The van der Waals surface area contributed by atoms with E-state index in [2.05, 4.69) is 19.2 Å². The number of alkyl halides is 3. The second kappa shape index (κ2) is 5.76. The van der Waals surface area contributed by atoms with Crippen molar-refractivity contribution >= 4 is 0 Å². The third-order valence-corrected chi connectivity index (χ3v) is 4.00. The normalized spacial score (nSPS) is 24.1. The topological polar surface area (TPSA) is 12.0 Å². The molecule has 1 nitrogen and oxygen atoms in total. The van der Waals surface area contributed by atoms with E-state index < -0.39 is 17.3 Å². The first-order chi connectivity index (χ1) is 9.35. The zero-order chi connectivity index (χ0) is 14.8. The maximum absolute atomic E-state index is 13.3. The first kappa shape index (κ1) is 15.4. The lowest BCUT2D eigenvalue weighted by atomic mass is 9.75. The van der Waals surface area contributed by atoms with Crippen LogP contribution in [-0.4, -0.2) is 6.54 Å². The summed E-state index contributed by atoms with van der Waals surface area (Å²) in [7, 11) is 0. The van der Waals surface area contributed by atoms with Gasteiger partial charge in [0.25, 0.3) is 0 Å². The lowest BCUT2D eigenvalue weighted by Crippen LogP contribution is -2.47. The fourth-order valence-corrected chi connectivity index (χ4v) is 3.33. The van der Waals surface area contributed by atoms with Gasteiger partial charge in [-0.2, -0.15) is 13.2 Å². The molecule has 1 heterocycles. The average Bonchev–Trinajstić information content (AvgIpc) is 2.38. The van der Waals surface area contributed by atoms with E-state index in [1.807, 2.05) is 0 Å². The predicted molar refractivity (Wildman–Crippen MR) is 74.4 cm³/mol. The minimum Gasteiger partial charge on any atom is -0.307 e. The summed E-state index contributed by atoms with van der Waals surface area (Å²) in [4.78, 5) is 0. The molecule has 112 valence electrons. The summed E-state index contributed by atoms with van der Waals surface area (Å²) in [6.45, 7) is 4.92. The van der Waals surface area contributed by atoms with Crippen LogP contribution in [0.5, 0.6) is 0 Å². The molecule has 0 aliphatic carbocycles. The number of rotatable bonds is 3. The molecule has 1 atom stereocenters. The molecule has 1 unspecified atom stereocenters. The summed E-state index contributed by atoms with van der Waals surface area (Å²) in [5.41, 5.74) is -0.602. The van der Waals surface area contributed by atoms with Crippen LogP contribution in [0.3, 0.4) is 0 Å². The highest BCUT2D eigenvalue weighted by Gasteiger charge is 2.42. The number of piperidine rings is 1. The minimum absolute atomic E-state index is 0.349. The van der Waals surface area contributed by atoms with Gasteiger partial charge < -0.3 is 5.32 Å². The Balaban J connectivity index is 2.49. The predicted octanol–water partition coefficient (Wildman–Crippen LogP) is 4.72. The molecule has 0 bridgehead atoms. The second-order valence-corrected chi connectivity index (χ2v) is 6.11. The number of hydrogen-bond donors (Lipinski definition) is 1. The van der Waals surface area contributed by atoms with Crippen molar-refractivity contribution in [1.82, 2.24) is 5.32 Å². The van der Waals surface area contributed by atoms with Crippen molar-refractivity contribution in [2.24, 2.45) is 5.92 Å². The molecule has 1 N–H and O–H groups in total. The quantitative estimate of drug-likeness (QED) is 0.847. The van der Waals surface area contributed by atoms with Crippen LogP contribution in [0.15, 0.2) is 24.3 Å². The molecule has 4 heteroatoms. The van der Waals surface area contributed by atoms with Crippen molar-refractivity contribution in [3.8, 4) is 0 Å². The highest BCUT2D eigenvalue weighted by molar-refractivity contribution is 5.36. The molecule has 1 aromatic carbocycles. The smallest absolute Gasteiger partial charge is 0.307 e. The number of halogens is 3. The Kier molecular flexibility index (Phi) is 4.43. The molecule has 0 aromatic heterocycles. The average molecular weight is 285 g/mol. The summed E-state index contributed by atoms with van der Waals surface area (Å²) in [6, 6.07) is 6.03. The highest BCUT2D eigenvalue weighted by Crippen LogP contribution is 2.42. The Labute approximate surface area is 118 Å². The van der Waals surface area contributed by atoms with Crippen LogP contribution in [0.25, 0.3) is 0 Å². The van der Waals surface area contributed by atoms with E-state index >= 15 is 0 Å². The van der Waals surface area contributed by atoms with E-state index in [4.69, 9.17) is 0 Å². The van der Waals surface area contributed by atoms with Gasteiger partial charge in [0.15, 0.2) is 0 Å². The van der Waals surface area contributed by atoms with Gasteiger partial charge in [-0.1, -0.05) is 38.5 Å². The standard InChI is InChI=1S/C16H22F3N/c1-12(2)11-15(9-5-6-10-20-15)13-7-3-4-8-14(13)16(17,18)19/h3-4,7-8,12,20H,5-6,9-11H2,1-2H3. The minimum atomic E-state index is -4.29. The van der Waals surface area contributed by atoms with Crippen molar-refractivity contribution in [3.63, 3.8) is 0 Å². The van der Waals surface area contributed by atoms with Crippen molar-refractivity contribution < 1.29 is 13.2 Å². The zero-order valence-corrected chi connectivity index (χ0v) is 12.1. The Morgan fingerprint density at radius 2 is 1.90 bits per heavy atom. The van der Waals surface area contributed by atoms with Gasteiger partial charge in [0.05, 0.1) is 5.56 Å². The monoisotopic (exact) mass is 285 g/mol. The molecule has 20 heavy (non-hydrogen) atoms. The summed E-state index contributed by atoms with van der Waals surface area (Å²) in [5.74, 6) is 0.349.